The number of anilines is 1. The van der Waals surface area contributed by atoms with Gasteiger partial charge in [-0.3, -0.25) is 4.79 Å². The third-order valence-electron chi connectivity index (χ3n) is 3.54. The molecule has 26 heavy (non-hydrogen) atoms. The van der Waals surface area contributed by atoms with Gasteiger partial charge in [0.15, 0.2) is 11.5 Å². The Balaban J connectivity index is 2.34. The number of amides is 1. The van der Waals surface area contributed by atoms with Crippen LogP contribution in [0.5, 0.6) is 11.5 Å². The molecule has 0 aliphatic rings. The van der Waals surface area contributed by atoms with E-state index in [0.717, 1.165) is 0 Å². The van der Waals surface area contributed by atoms with Gasteiger partial charge in [-0.25, -0.2) is 0 Å². The fourth-order valence-electron chi connectivity index (χ4n) is 2.19. The third-order valence-corrected chi connectivity index (χ3v) is 4.24. The van der Waals surface area contributed by atoms with Crippen LogP contribution in [0, 0.1) is 18.3 Å². The predicted molar refractivity (Wildman–Crippen MR) is 103 cm³/mol. The van der Waals surface area contributed by atoms with Crippen molar-refractivity contribution in [2.45, 2.75) is 13.8 Å². The minimum Gasteiger partial charge on any atom is -0.503 e. The Morgan fingerprint density at radius 2 is 2.08 bits per heavy atom. The van der Waals surface area contributed by atoms with E-state index in [1.54, 1.807) is 32.0 Å². The maximum absolute atomic E-state index is 12.4. The summed E-state index contributed by atoms with van der Waals surface area (Å²) in [4.78, 5) is 12.4. The molecule has 1 amide bonds. The molecule has 0 saturated carbocycles. The van der Waals surface area contributed by atoms with Crippen LogP contribution in [0.2, 0.25) is 10.0 Å². The van der Waals surface area contributed by atoms with Gasteiger partial charge in [-0.1, -0.05) is 29.3 Å². The first-order chi connectivity index (χ1) is 12.4. The van der Waals surface area contributed by atoms with Crippen LogP contribution in [-0.2, 0) is 4.79 Å². The zero-order valence-corrected chi connectivity index (χ0v) is 15.6. The number of benzene rings is 2. The lowest BCUT2D eigenvalue weighted by Crippen LogP contribution is -2.14. The fourth-order valence-corrected chi connectivity index (χ4v) is 2.58. The molecular formula is C19H16Cl2N2O3. The molecule has 0 spiro atoms. The smallest absolute Gasteiger partial charge is 0.266 e. The number of nitrogens with one attached hydrogen (secondary N) is 1. The molecule has 5 nitrogen and oxygen atoms in total. The van der Waals surface area contributed by atoms with Crippen LogP contribution in [0.25, 0.3) is 6.08 Å². The van der Waals surface area contributed by atoms with E-state index in [2.05, 4.69) is 5.32 Å². The quantitative estimate of drug-likeness (QED) is 0.558. The lowest BCUT2D eigenvalue weighted by atomic mass is 10.1. The lowest BCUT2D eigenvalue weighted by molar-refractivity contribution is -0.112. The van der Waals surface area contributed by atoms with Crippen molar-refractivity contribution in [2.75, 3.05) is 11.9 Å². The van der Waals surface area contributed by atoms with Crippen molar-refractivity contribution in [1.82, 2.24) is 0 Å². The number of ether oxygens (including phenoxy) is 1. The summed E-state index contributed by atoms with van der Waals surface area (Å²) in [5.41, 5.74) is 1.54. The number of carbonyl (C=O) groups excluding carboxylic acids is 1. The summed E-state index contributed by atoms with van der Waals surface area (Å²) in [6.07, 6.45) is 1.36. The Hall–Kier alpha value is -2.68. The highest BCUT2D eigenvalue weighted by atomic mass is 35.5. The van der Waals surface area contributed by atoms with Gasteiger partial charge in [0, 0.05) is 10.7 Å². The van der Waals surface area contributed by atoms with Crippen LogP contribution in [-0.4, -0.2) is 17.6 Å². The van der Waals surface area contributed by atoms with Crippen molar-refractivity contribution in [3.63, 3.8) is 0 Å². The molecule has 0 aromatic heterocycles. The second kappa shape index (κ2) is 8.61. The number of phenols is 1. The second-order valence-corrected chi connectivity index (χ2v) is 6.13. The van der Waals surface area contributed by atoms with Gasteiger partial charge in [-0.2, -0.15) is 5.26 Å². The van der Waals surface area contributed by atoms with Gasteiger partial charge in [0.1, 0.15) is 11.6 Å². The highest BCUT2D eigenvalue weighted by molar-refractivity contribution is 6.32. The van der Waals surface area contributed by atoms with E-state index in [-0.39, 0.29) is 22.1 Å². The number of nitriles is 1. The summed E-state index contributed by atoms with van der Waals surface area (Å²) >= 11 is 12.0. The lowest BCUT2D eigenvalue weighted by Gasteiger charge is -2.10. The molecule has 0 heterocycles. The molecule has 2 aromatic carbocycles. The van der Waals surface area contributed by atoms with Gasteiger partial charge in [-0.05, 0) is 55.3 Å². The molecule has 134 valence electrons. The highest BCUT2D eigenvalue weighted by Gasteiger charge is 2.14. The first-order valence-corrected chi connectivity index (χ1v) is 8.46. The monoisotopic (exact) mass is 390 g/mol. The predicted octanol–water partition coefficient (Wildman–Crippen LogP) is 4.95. The maximum atomic E-state index is 12.4. The summed E-state index contributed by atoms with van der Waals surface area (Å²) < 4.78 is 5.30. The van der Waals surface area contributed by atoms with Crippen LogP contribution in [0.3, 0.4) is 0 Å². The highest BCUT2D eigenvalue weighted by Crippen LogP contribution is 2.36. The summed E-state index contributed by atoms with van der Waals surface area (Å²) in [7, 11) is 0. The molecule has 7 heteroatoms. The van der Waals surface area contributed by atoms with Gasteiger partial charge in [-0.15, -0.1) is 0 Å². The normalized spacial score (nSPS) is 11.0. The number of rotatable bonds is 5. The molecule has 2 N–H and O–H groups in total. The van der Waals surface area contributed by atoms with Crippen molar-refractivity contribution >= 4 is 40.9 Å². The molecule has 0 bridgehead atoms. The van der Waals surface area contributed by atoms with Crippen LogP contribution < -0.4 is 10.1 Å². The minimum absolute atomic E-state index is 0.0607. The first kappa shape index (κ1) is 19.6. The van der Waals surface area contributed by atoms with Gasteiger partial charge < -0.3 is 15.2 Å². The minimum atomic E-state index is -0.583. The Labute approximate surface area is 161 Å². The van der Waals surface area contributed by atoms with E-state index < -0.39 is 5.91 Å². The van der Waals surface area contributed by atoms with Crippen LogP contribution in [0.4, 0.5) is 5.69 Å². The molecule has 0 atom stereocenters. The number of phenolic OH excluding ortho intramolecular Hbond substituents is 1. The average Bonchev–Trinajstić information content (AvgIpc) is 2.61. The molecular weight excluding hydrogens is 375 g/mol. The standard InChI is InChI=1S/C19H16Cl2N2O3/c1-3-26-17-9-12(8-15(21)18(17)24)7-13(10-22)19(25)23-16-6-4-5-14(20)11(16)2/h4-9,24H,3H2,1-2H3,(H,23,25)/b13-7+. The first-order valence-electron chi connectivity index (χ1n) is 7.71. The van der Waals surface area contributed by atoms with Crippen LogP contribution in [0.1, 0.15) is 18.1 Å². The largest absolute Gasteiger partial charge is 0.503 e. The van der Waals surface area contributed by atoms with Crippen molar-refractivity contribution in [3.8, 4) is 17.6 Å². The van der Waals surface area contributed by atoms with Crippen molar-refractivity contribution in [2.24, 2.45) is 0 Å². The molecule has 0 saturated heterocycles. The molecule has 0 unspecified atom stereocenters. The molecule has 0 aliphatic carbocycles. The Bertz CT molecular complexity index is 918. The molecule has 0 radical (unpaired) electrons. The number of hydrogen-bond donors (Lipinski definition) is 2. The van der Waals surface area contributed by atoms with Crippen molar-refractivity contribution in [3.05, 3.63) is 57.1 Å². The Morgan fingerprint density at radius 3 is 2.73 bits per heavy atom. The zero-order valence-electron chi connectivity index (χ0n) is 14.1. The van der Waals surface area contributed by atoms with Gasteiger partial charge in [0.05, 0.1) is 11.6 Å². The Kier molecular flexibility index (Phi) is 6.51. The summed E-state index contributed by atoms with van der Waals surface area (Å²) in [6.45, 7) is 3.86. The fraction of sp³-hybridized carbons (Fsp3) is 0.158. The van der Waals surface area contributed by atoms with Gasteiger partial charge >= 0.3 is 0 Å². The number of nitrogens with zero attached hydrogens (tertiary/aromatic N) is 1. The molecule has 2 rings (SSSR count). The zero-order chi connectivity index (χ0) is 19.3. The molecule has 0 fully saturated rings. The topological polar surface area (TPSA) is 82.3 Å². The summed E-state index contributed by atoms with van der Waals surface area (Å²) in [5.74, 6) is -0.599. The average molecular weight is 391 g/mol. The van der Waals surface area contributed by atoms with E-state index in [4.69, 9.17) is 27.9 Å². The Morgan fingerprint density at radius 1 is 1.35 bits per heavy atom. The number of hydrogen-bond acceptors (Lipinski definition) is 4. The number of aromatic hydroxyl groups is 1. The molecule has 0 aliphatic heterocycles. The maximum Gasteiger partial charge on any atom is 0.266 e. The molecule has 2 aromatic rings. The number of halogens is 2. The summed E-state index contributed by atoms with van der Waals surface area (Å²) in [5, 5.41) is 22.4. The van der Waals surface area contributed by atoms with E-state index >= 15 is 0 Å². The van der Waals surface area contributed by atoms with Gasteiger partial charge in [0.2, 0.25) is 0 Å². The van der Waals surface area contributed by atoms with E-state index in [0.29, 0.717) is 28.4 Å². The van der Waals surface area contributed by atoms with E-state index in [1.807, 2.05) is 6.07 Å². The van der Waals surface area contributed by atoms with Crippen LogP contribution >= 0.6 is 23.2 Å². The number of carbonyl (C=O) groups is 1. The van der Waals surface area contributed by atoms with Crippen LogP contribution in [0.15, 0.2) is 35.9 Å². The van der Waals surface area contributed by atoms with Crippen molar-refractivity contribution in [1.29, 1.82) is 5.26 Å². The SMILES string of the molecule is CCOc1cc(/C=C(\C#N)C(=O)Nc2cccc(Cl)c2C)cc(Cl)c1O. The van der Waals surface area contributed by atoms with E-state index in [9.17, 15) is 15.2 Å². The summed E-state index contributed by atoms with van der Waals surface area (Å²) in [6, 6.07) is 9.90. The second-order valence-electron chi connectivity index (χ2n) is 5.32. The van der Waals surface area contributed by atoms with Crippen molar-refractivity contribution < 1.29 is 14.6 Å². The third kappa shape index (κ3) is 4.48. The van der Waals surface area contributed by atoms with Gasteiger partial charge in [0.25, 0.3) is 5.91 Å². The van der Waals surface area contributed by atoms with E-state index in [1.165, 1.54) is 18.2 Å².